The first-order valence-corrected chi connectivity index (χ1v) is 3.95. The van der Waals surface area contributed by atoms with Crippen molar-refractivity contribution >= 4 is 34.1 Å². The lowest BCUT2D eigenvalue weighted by atomic mass is 10.2. The standard InChI is InChI=1S/C8H4FN3S/c9-12-7-4-2-1-3-6(7)8(11-12)10-5-13/h1-4H. The Morgan fingerprint density at radius 1 is 1.46 bits per heavy atom. The zero-order valence-electron chi connectivity index (χ0n) is 6.44. The topological polar surface area (TPSA) is 30.2 Å². The highest BCUT2D eigenvalue weighted by atomic mass is 32.1. The van der Waals surface area contributed by atoms with Crippen molar-refractivity contribution in [3.05, 3.63) is 24.3 Å². The third-order valence-electron chi connectivity index (χ3n) is 1.68. The highest BCUT2D eigenvalue weighted by Crippen LogP contribution is 2.24. The van der Waals surface area contributed by atoms with Crippen LogP contribution in [-0.4, -0.2) is 15.2 Å². The van der Waals surface area contributed by atoms with Crippen molar-refractivity contribution in [2.24, 2.45) is 4.99 Å². The second-order valence-electron chi connectivity index (χ2n) is 2.40. The molecular weight excluding hydrogens is 189 g/mol. The minimum atomic E-state index is 0.258. The van der Waals surface area contributed by atoms with E-state index in [9.17, 15) is 4.48 Å². The van der Waals surface area contributed by atoms with Crippen LogP contribution in [0.1, 0.15) is 0 Å². The molecule has 2 rings (SSSR count). The molecule has 0 saturated heterocycles. The van der Waals surface area contributed by atoms with E-state index >= 15 is 0 Å². The number of fused-ring (bicyclic) bond motifs is 1. The van der Waals surface area contributed by atoms with Crippen LogP contribution in [0.3, 0.4) is 0 Å². The second kappa shape index (κ2) is 3.05. The highest BCUT2D eigenvalue weighted by molar-refractivity contribution is 7.78. The molecule has 0 bridgehead atoms. The molecule has 0 atom stereocenters. The van der Waals surface area contributed by atoms with Gasteiger partial charge in [0.05, 0.1) is 10.5 Å². The van der Waals surface area contributed by atoms with E-state index in [4.69, 9.17) is 0 Å². The third kappa shape index (κ3) is 1.24. The molecule has 5 heteroatoms. The fraction of sp³-hybridized carbons (Fsp3) is 0. The molecule has 0 fully saturated rings. The monoisotopic (exact) mass is 193 g/mol. The van der Waals surface area contributed by atoms with Crippen molar-refractivity contribution in [3.63, 3.8) is 0 Å². The summed E-state index contributed by atoms with van der Waals surface area (Å²) in [5.41, 5.74) is 0.381. The number of benzene rings is 1. The van der Waals surface area contributed by atoms with Crippen LogP contribution in [0.4, 0.5) is 10.3 Å². The van der Waals surface area contributed by atoms with E-state index in [-0.39, 0.29) is 10.7 Å². The summed E-state index contributed by atoms with van der Waals surface area (Å²) in [5, 5.41) is 6.32. The molecular formula is C8H4FN3S. The van der Waals surface area contributed by atoms with Crippen LogP contribution in [0, 0.1) is 0 Å². The normalized spacial score (nSPS) is 9.92. The molecule has 1 heterocycles. The summed E-state index contributed by atoms with van der Waals surface area (Å²) < 4.78 is 13.0. The van der Waals surface area contributed by atoms with E-state index in [0.717, 1.165) is 0 Å². The largest absolute Gasteiger partial charge is 0.194 e. The van der Waals surface area contributed by atoms with Crippen LogP contribution in [-0.2, 0) is 0 Å². The van der Waals surface area contributed by atoms with Crippen LogP contribution in [0.2, 0.25) is 0 Å². The molecule has 0 saturated carbocycles. The maximum Gasteiger partial charge on any atom is 0.194 e. The van der Waals surface area contributed by atoms with Gasteiger partial charge in [0, 0.05) is 0 Å². The Hall–Kier alpha value is -1.58. The lowest BCUT2D eigenvalue weighted by molar-refractivity contribution is 0.333. The van der Waals surface area contributed by atoms with Crippen LogP contribution in [0.25, 0.3) is 10.9 Å². The summed E-state index contributed by atoms with van der Waals surface area (Å²) in [7, 11) is 0. The lowest BCUT2D eigenvalue weighted by Crippen LogP contribution is -1.81. The molecule has 1 aromatic carbocycles. The molecule has 0 radical (unpaired) electrons. The molecule has 13 heavy (non-hydrogen) atoms. The highest BCUT2D eigenvalue weighted by Gasteiger charge is 2.07. The van der Waals surface area contributed by atoms with E-state index < -0.39 is 0 Å². The number of nitrogens with zero attached hydrogens (tertiary/aromatic N) is 3. The summed E-state index contributed by atoms with van der Waals surface area (Å²) in [4.78, 5) is 3.93. The zero-order valence-corrected chi connectivity index (χ0v) is 7.25. The van der Waals surface area contributed by atoms with Gasteiger partial charge in [-0.1, -0.05) is 21.5 Å². The minimum Gasteiger partial charge on any atom is -0.172 e. The Morgan fingerprint density at radius 2 is 2.23 bits per heavy atom. The summed E-state index contributed by atoms with van der Waals surface area (Å²) in [6.45, 7) is 0. The molecule has 0 aliphatic carbocycles. The molecule has 0 aliphatic heterocycles. The van der Waals surface area contributed by atoms with Gasteiger partial charge in [-0.15, -0.1) is 5.10 Å². The molecule has 0 aliphatic rings. The number of hydrogen-bond acceptors (Lipinski definition) is 3. The van der Waals surface area contributed by atoms with Crippen molar-refractivity contribution in [1.82, 2.24) is 10.0 Å². The fourth-order valence-electron chi connectivity index (χ4n) is 1.14. The van der Waals surface area contributed by atoms with Crippen LogP contribution in [0.5, 0.6) is 0 Å². The summed E-state index contributed by atoms with van der Waals surface area (Å²) >= 11 is 4.42. The number of hydrogen-bond donors (Lipinski definition) is 0. The average Bonchev–Trinajstić information content (AvgIpc) is 2.46. The molecule has 2 aromatic rings. The van der Waals surface area contributed by atoms with Crippen molar-refractivity contribution < 1.29 is 4.48 Å². The Morgan fingerprint density at radius 3 is 3.00 bits per heavy atom. The smallest absolute Gasteiger partial charge is 0.172 e. The van der Waals surface area contributed by atoms with Gasteiger partial charge in [-0.25, -0.2) is 0 Å². The van der Waals surface area contributed by atoms with Crippen molar-refractivity contribution in [2.45, 2.75) is 0 Å². The molecule has 1 aromatic heterocycles. The Bertz CT molecular complexity index is 499. The van der Waals surface area contributed by atoms with E-state index in [1.54, 1.807) is 24.3 Å². The predicted octanol–water partition coefficient (Wildman–Crippen LogP) is 2.50. The SMILES string of the molecule is Fn1nc(N=C=S)c2ccccc21. The van der Waals surface area contributed by atoms with Crippen LogP contribution < -0.4 is 0 Å². The van der Waals surface area contributed by atoms with Gasteiger partial charge in [0.1, 0.15) is 5.52 Å². The number of para-hydroxylation sites is 1. The quantitative estimate of drug-likeness (QED) is 0.514. The molecule has 0 spiro atoms. The van der Waals surface area contributed by atoms with E-state index in [1.165, 1.54) is 0 Å². The maximum atomic E-state index is 13.0. The number of isothiocyanates is 1. The molecule has 3 nitrogen and oxygen atoms in total. The predicted molar refractivity (Wildman–Crippen MR) is 50.9 cm³/mol. The van der Waals surface area contributed by atoms with E-state index in [2.05, 4.69) is 27.5 Å². The van der Waals surface area contributed by atoms with Gasteiger partial charge in [-0.2, -0.15) is 4.99 Å². The van der Waals surface area contributed by atoms with Gasteiger partial charge in [0.2, 0.25) is 0 Å². The number of aliphatic imine (C=N–C) groups is 1. The first kappa shape index (κ1) is 8.04. The van der Waals surface area contributed by atoms with Gasteiger partial charge >= 0.3 is 0 Å². The number of rotatable bonds is 1. The molecule has 0 amide bonds. The molecule has 0 N–H and O–H groups in total. The van der Waals surface area contributed by atoms with Crippen molar-refractivity contribution in [2.75, 3.05) is 0 Å². The van der Waals surface area contributed by atoms with Gasteiger partial charge in [-0.3, -0.25) is 0 Å². The number of aromatic nitrogens is 2. The van der Waals surface area contributed by atoms with Gasteiger partial charge in [0.25, 0.3) is 0 Å². The lowest BCUT2D eigenvalue weighted by Gasteiger charge is -1.86. The van der Waals surface area contributed by atoms with Gasteiger partial charge < -0.3 is 0 Å². The van der Waals surface area contributed by atoms with Gasteiger partial charge in [0.15, 0.2) is 5.82 Å². The average molecular weight is 193 g/mol. The molecule has 64 valence electrons. The first-order valence-electron chi connectivity index (χ1n) is 3.54. The maximum absolute atomic E-state index is 13.0. The zero-order chi connectivity index (χ0) is 9.26. The Balaban J connectivity index is 2.85. The molecule has 0 unspecified atom stereocenters. The number of halogens is 1. The van der Waals surface area contributed by atoms with E-state index in [1.807, 2.05) is 0 Å². The Labute approximate surface area is 78.4 Å². The number of thiocarbonyl (C=S) groups is 1. The van der Waals surface area contributed by atoms with Crippen LogP contribution >= 0.6 is 12.2 Å². The fourth-order valence-corrected chi connectivity index (χ4v) is 1.23. The van der Waals surface area contributed by atoms with Crippen molar-refractivity contribution in [3.8, 4) is 0 Å². The van der Waals surface area contributed by atoms with Gasteiger partial charge in [-0.05, 0) is 24.4 Å². The third-order valence-corrected chi connectivity index (χ3v) is 1.77. The minimum absolute atomic E-state index is 0.258. The summed E-state index contributed by atoms with van der Waals surface area (Å²) in [6, 6.07) is 6.85. The first-order chi connectivity index (χ1) is 6.33. The second-order valence-corrected chi connectivity index (χ2v) is 2.59. The van der Waals surface area contributed by atoms with E-state index in [0.29, 0.717) is 10.9 Å². The van der Waals surface area contributed by atoms with Crippen molar-refractivity contribution in [1.29, 1.82) is 0 Å². The Kier molecular flexibility index (Phi) is 1.88. The summed E-state index contributed by atoms with van der Waals surface area (Å²) in [6.07, 6.45) is 0. The van der Waals surface area contributed by atoms with Crippen LogP contribution in [0.15, 0.2) is 29.3 Å². The summed E-state index contributed by atoms with van der Waals surface area (Å²) in [5.74, 6) is 0.258.